The lowest BCUT2D eigenvalue weighted by molar-refractivity contribution is -0.214. The van der Waals surface area contributed by atoms with Gasteiger partial charge in [0, 0.05) is 32.5 Å². The molecular weight excluding hydrogens is 348 g/mol. The zero-order valence-electron chi connectivity index (χ0n) is 18.5. The third-order valence-corrected chi connectivity index (χ3v) is 9.55. The summed E-state index contributed by atoms with van der Waals surface area (Å²) >= 11 is 0. The highest BCUT2D eigenvalue weighted by Crippen LogP contribution is 2.68. The van der Waals surface area contributed by atoms with Crippen LogP contribution in [0, 0.1) is 53.3 Å². The monoisotopic (exact) mass is 386 g/mol. The molecule has 2 fully saturated rings. The van der Waals surface area contributed by atoms with Crippen molar-refractivity contribution in [2.45, 2.75) is 77.6 Å². The second-order valence-electron chi connectivity index (χ2n) is 10.7. The summed E-state index contributed by atoms with van der Waals surface area (Å²) in [6, 6.07) is 0. The summed E-state index contributed by atoms with van der Waals surface area (Å²) in [5, 5.41) is 11.5. The largest absolute Gasteiger partial charge is 0.377 e. The predicted octanol–water partition coefficient (Wildman–Crippen LogP) is 4.79. The molecule has 3 unspecified atom stereocenters. The summed E-state index contributed by atoms with van der Waals surface area (Å²) < 4.78 is 11.6. The fourth-order valence-corrected chi connectivity index (χ4v) is 8.20. The van der Waals surface area contributed by atoms with Crippen LogP contribution in [0.25, 0.3) is 0 Å². The maximum atomic E-state index is 11.5. The van der Waals surface area contributed by atoms with Gasteiger partial charge in [0.15, 0.2) is 5.79 Å². The first kappa shape index (κ1) is 20.5. The molecule has 0 saturated heterocycles. The van der Waals surface area contributed by atoms with Crippen LogP contribution in [-0.4, -0.2) is 30.7 Å². The quantitative estimate of drug-likeness (QED) is 0.421. The summed E-state index contributed by atoms with van der Waals surface area (Å²) in [5.41, 5.74) is 2.12. The van der Waals surface area contributed by atoms with Crippen molar-refractivity contribution in [2.24, 2.45) is 40.9 Å². The number of fused-ring (bicyclic) bond motifs is 4. The summed E-state index contributed by atoms with van der Waals surface area (Å²) in [4.78, 5) is 0. The van der Waals surface area contributed by atoms with E-state index in [1.54, 1.807) is 25.4 Å². The number of methoxy groups -OCH3 is 2. The molecule has 0 aromatic carbocycles. The number of rotatable bonds is 2. The third kappa shape index (κ3) is 2.47. The van der Waals surface area contributed by atoms with Crippen LogP contribution in [0.15, 0.2) is 11.1 Å². The van der Waals surface area contributed by atoms with E-state index in [1.807, 2.05) is 0 Å². The lowest BCUT2D eigenvalue weighted by Gasteiger charge is -2.58. The van der Waals surface area contributed by atoms with Gasteiger partial charge in [0.25, 0.3) is 0 Å². The Hall–Kier alpha value is -0.820. The Morgan fingerprint density at radius 2 is 1.82 bits per heavy atom. The van der Waals surface area contributed by atoms with Crippen LogP contribution in [0.2, 0.25) is 0 Å². The molecule has 0 radical (unpaired) electrons. The molecule has 0 bridgehead atoms. The van der Waals surface area contributed by atoms with Gasteiger partial charge in [-0.1, -0.05) is 44.8 Å². The molecule has 0 aliphatic heterocycles. The second kappa shape index (κ2) is 6.59. The minimum Gasteiger partial charge on any atom is -0.377 e. The smallest absolute Gasteiger partial charge is 0.171 e. The van der Waals surface area contributed by atoms with Crippen molar-refractivity contribution >= 4 is 0 Å². The van der Waals surface area contributed by atoms with Crippen LogP contribution in [-0.2, 0) is 9.47 Å². The molecule has 4 rings (SSSR count). The van der Waals surface area contributed by atoms with Crippen LogP contribution in [0.1, 0.15) is 66.2 Å². The minimum absolute atomic E-state index is 0.169. The number of terminal acetylenes is 1. The van der Waals surface area contributed by atoms with E-state index in [0.717, 1.165) is 38.5 Å². The van der Waals surface area contributed by atoms with Gasteiger partial charge in [0.2, 0.25) is 0 Å². The Kier molecular flexibility index (Phi) is 4.82. The Morgan fingerprint density at radius 3 is 2.43 bits per heavy atom. The van der Waals surface area contributed by atoms with Crippen molar-refractivity contribution < 1.29 is 14.6 Å². The van der Waals surface area contributed by atoms with E-state index in [2.05, 4.69) is 33.6 Å². The van der Waals surface area contributed by atoms with Crippen molar-refractivity contribution in [2.75, 3.05) is 14.2 Å². The molecule has 3 nitrogen and oxygen atoms in total. The summed E-state index contributed by atoms with van der Waals surface area (Å²) in [5.74, 6) is 5.47. The maximum absolute atomic E-state index is 11.5. The van der Waals surface area contributed by atoms with Crippen molar-refractivity contribution in [3.63, 3.8) is 0 Å². The molecule has 4 aliphatic carbocycles. The average Bonchev–Trinajstić information content (AvgIpc) is 2.87. The maximum Gasteiger partial charge on any atom is 0.171 e. The first-order valence-corrected chi connectivity index (χ1v) is 11.2. The second-order valence-corrected chi connectivity index (χ2v) is 10.7. The summed E-state index contributed by atoms with van der Waals surface area (Å²) in [6.45, 7) is 9.27. The standard InChI is InChI=1S/C25H38O3/c1-8-25(26)17(4)12-20-22-15(2)11-18-14-24(27-6,28-7)10-9-19(18)21(22)16(3)13-23(20,25)5/h1,15-17,20-22,26H,9-14H2,2-7H3/t15-,16+,17-,20?,21?,22?,23+,25+/m1/s1. The van der Waals surface area contributed by atoms with E-state index >= 15 is 0 Å². The number of allylic oxidation sites excluding steroid dienone is 1. The molecule has 0 aromatic rings. The molecular formula is C25H38O3. The van der Waals surface area contributed by atoms with Gasteiger partial charge in [-0.3, -0.25) is 0 Å². The summed E-state index contributed by atoms with van der Waals surface area (Å²) in [6.07, 6.45) is 12.1. The number of aliphatic hydroxyl groups is 1. The molecule has 0 heterocycles. The van der Waals surface area contributed by atoms with E-state index < -0.39 is 11.4 Å². The number of hydrogen-bond acceptors (Lipinski definition) is 3. The van der Waals surface area contributed by atoms with Crippen molar-refractivity contribution in [1.29, 1.82) is 0 Å². The Labute approximate surface area is 171 Å². The van der Waals surface area contributed by atoms with E-state index in [1.165, 1.54) is 0 Å². The van der Waals surface area contributed by atoms with E-state index in [0.29, 0.717) is 29.6 Å². The van der Waals surface area contributed by atoms with E-state index in [9.17, 15) is 5.11 Å². The fourth-order valence-electron chi connectivity index (χ4n) is 8.20. The minimum atomic E-state index is -0.973. The van der Waals surface area contributed by atoms with Crippen LogP contribution in [0.4, 0.5) is 0 Å². The van der Waals surface area contributed by atoms with Gasteiger partial charge >= 0.3 is 0 Å². The van der Waals surface area contributed by atoms with Crippen LogP contribution in [0.5, 0.6) is 0 Å². The molecule has 2 saturated carbocycles. The van der Waals surface area contributed by atoms with Gasteiger partial charge in [-0.05, 0) is 61.2 Å². The van der Waals surface area contributed by atoms with Gasteiger partial charge in [0.05, 0.1) is 0 Å². The first-order chi connectivity index (χ1) is 13.2. The lowest BCUT2D eigenvalue weighted by Crippen LogP contribution is -2.56. The third-order valence-electron chi connectivity index (χ3n) is 9.55. The lowest BCUT2D eigenvalue weighted by atomic mass is 9.47. The predicted molar refractivity (Wildman–Crippen MR) is 111 cm³/mol. The van der Waals surface area contributed by atoms with Crippen LogP contribution in [0.3, 0.4) is 0 Å². The van der Waals surface area contributed by atoms with Gasteiger partial charge in [-0.25, -0.2) is 0 Å². The number of hydrogen-bond donors (Lipinski definition) is 1. The van der Waals surface area contributed by atoms with Crippen LogP contribution >= 0.6 is 0 Å². The van der Waals surface area contributed by atoms with Gasteiger partial charge < -0.3 is 14.6 Å². The molecule has 0 spiro atoms. The fraction of sp³-hybridized carbons (Fsp3) is 0.840. The average molecular weight is 387 g/mol. The highest BCUT2D eigenvalue weighted by molar-refractivity contribution is 5.33. The molecule has 4 aliphatic rings. The highest BCUT2D eigenvalue weighted by Gasteiger charge is 2.66. The molecule has 8 atom stereocenters. The zero-order chi connectivity index (χ0) is 20.5. The molecule has 156 valence electrons. The Balaban J connectivity index is 1.74. The highest BCUT2D eigenvalue weighted by atomic mass is 16.7. The van der Waals surface area contributed by atoms with E-state index in [-0.39, 0.29) is 11.3 Å². The number of ether oxygens (including phenoxy) is 2. The van der Waals surface area contributed by atoms with Crippen LogP contribution < -0.4 is 0 Å². The zero-order valence-corrected chi connectivity index (χ0v) is 18.5. The molecule has 1 N–H and O–H groups in total. The Morgan fingerprint density at radius 1 is 1.14 bits per heavy atom. The van der Waals surface area contributed by atoms with Crippen molar-refractivity contribution in [3.05, 3.63) is 11.1 Å². The van der Waals surface area contributed by atoms with Crippen molar-refractivity contribution in [1.82, 2.24) is 0 Å². The van der Waals surface area contributed by atoms with Gasteiger partial charge in [-0.15, -0.1) is 6.42 Å². The molecule has 28 heavy (non-hydrogen) atoms. The molecule has 0 amide bonds. The van der Waals surface area contributed by atoms with E-state index in [4.69, 9.17) is 15.9 Å². The first-order valence-electron chi connectivity index (χ1n) is 11.2. The SMILES string of the molecule is C#C[C@]1(O)[C@H](C)CC2C3C(C4=C(C[C@H]3C)CC(OC)(OC)CC4)[C@@H](C)C[C@@]21C. The normalized spacial score (nSPS) is 49.8. The van der Waals surface area contributed by atoms with Crippen molar-refractivity contribution in [3.8, 4) is 12.3 Å². The van der Waals surface area contributed by atoms with Gasteiger partial charge in [0.1, 0.15) is 5.60 Å². The van der Waals surface area contributed by atoms with Gasteiger partial charge in [-0.2, -0.15) is 0 Å². The topological polar surface area (TPSA) is 38.7 Å². The summed E-state index contributed by atoms with van der Waals surface area (Å²) in [7, 11) is 3.55. The molecule has 0 aromatic heterocycles. The Bertz CT molecular complexity index is 714. The molecule has 3 heteroatoms.